The zero-order chi connectivity index (χ0) is 34.4. The van der Waals surface area contributed by atoms with Gasteiger partial charge in [-0.3, -0.25) is 9.59 Å². The quantitative estimate of drug-likeness (QED) is 0.0486. The van der Waals surface area contributed by atoms with Crippen molar-refractivity contribution in [3.8, 4) is 5.75 Å². The van der Waals surface area contributed by atoms with Gasteiger partial charge < -0.3 is 19.1 Å². The number of aryl methyl sites for hydroxylation is 1. The summed E-state index contributed by atoms with van der Waals surface area (Å²) in [5.74, 6) is 0.511. The lowest BCUT2D eigenvalue weighted by Crippen LogP contribution is -2.10. The molecule has 6 heteroatoms. The minimum Gasteiger partial charge on any atom is -0.497 e. The van der Waals surface area contributed by atoms with E-state index in [1.54, 1.807) is 7.11 Å². The Kier molecular flexibility index (Phi) is 12.3. The molecule has 0 aliphatic carbocycles. The second kappa shape index (κ2) is 17.4. The van der Waals surface area contributed by atoms with Crippen LogP contribution in [-0.4, -0.2) is 38.7 Å². The fourth-order valence-corrected chi connectivity index (χ4v) is 5.15. The molecule has 6 nitrogen and oxygen atoms in total. The highest BCUT2D eigenvalue weighted by Crippen LogP contribution is 2.35. The second-order valence-electron chi connectivity index (χ2n) is 11.5. The number of rotatable bonds is 15. The Morgan fingerprint density at radius 3 is 1.45 bits per heavy atom. The maximum absolute atomic E-state index is 12.5. The summed E-state index contributed by atoms with van der Waals surface area (Å²) < 4.78 is 15.5. The Morgan fingerprint density at radius 2 is 1.00 bits per heavy atom. The van der Waals surface area contributed by atoms with Crippen LogP contribution in [0.3, 0.4) is 0 Å². The van der Waals surface area contributed by atoms with E-state index in [2.05, 4.69) is 103 Å². The Balaban J connectivity index is 1.23. The molecule has 0 spiro atoms. The molecule has 0 atom stereocenters. The van der Waals surface area contributed by atoms with Crippen molar-refractivity contribution in [2.45, 2.75) is 20.3 Å². The molecule has 0 radical (unpaired) electrons. The minimum absolute atomic E-state index is 0.0106. The number of ether oxygens (including phenoxy) is 3. The molecule has 5 rings (SSSR count). The minimum atomic E-state index is -0.344. The van der Waals surface area contributed by atoms with Crippen LogP contribution >= 0.6 is 0 Å². The van der Waals surface area contributed by atoms with E-state index < -0.39 is 0 Å². The van der Waals surface area contributed by atoms with Gasteiger partial charge in [0.2, 0.25) is 0 Å². The number of carbonyl (C=O) groups excluding carboxylic acids is 2. The van der Waals surface area contributed by atoms with Crippen molar-refractivity contribution >= 4 is 53.1 Å². The molecule has 0 saturated heterocycles. The van der Waals surface area contributed by atoms with E-state index >= 15 is 0 Å². The zero-order valence-corrected chi connectivity index (χ0v) is 28.2. The predicted molar refractivity (Wildman–Crippen MR) is 200 cm³/mol. The number of anilines is 3. The molecule has 0 fully saturated rings. The third kappa shape index (κ3) is 10.4. The first-order chi connectivity index (χ1) is 23.9. The molecular weight excluding hydrogens is 610 g/mol. The molecule has 0 saturated carbocycles. The van der Waals surface area contributed by atoms with Crippen molar-refractivity contribution < 1.29 is 23.8 Å². The van der Waals surface area contributed by atoms with Gasteiger partial charge in [0.1, 0.15) is 12.4 Å². The summed E-state index contributed by atoms with van der Waals surface area (Å²) >= 11 is 0. The normalized spacial score (nSPS) is 11.2. The first-order valence-corrected chi connectivity index (χ1v) is 16.3. The Labute approximate surface area is 288 Å². The largest absolute Gasteiger partial charge is 0.497 e. The molecule has 0 bridgehead atoms. The van der Waals surface area contributed by atoms with Crippen molar-refractivity contribution in [3.05, 3.63) is 155 Å². The Hall–Kier alpha value is -5.72. The van der Waals surface area contributed by atoms with Gasteiger partial charge >= 0.3 is 5.97 Å². The molecule has 49 heavy (non-hydrogen) atoms. The molecule has 0 unspecified atom stereocenters. The third-order valence-electron chi connectivity index (χ3n) is 7.89. The second-order valence-corrected chi connectivity index (χ2v) is 11.5. The lowest BCUT2D eigenvalue weighted by molar-refractivity contribution is -0.142. The van der Waals surface area contributed by atoms with Crippen LogP contribution in [0.2, 0.25) is 0 Å². The van der Waals surface area contributed by atoms with Crippen molar-refractivity contribution in [1.82, 2.24) is 0 Å². The third-order valence-corrected chi connectivity index (χ3v) is 7.89. The lowest BCUT2D eigenvalue weighted by Gasteiger charge is -2.26. The van der Waals surface area contributed by atoms with Crippen LogP contribution in [0.5, 0.6) is 5.75 Å². The number of methoxy groups -OCH3 is 1. The molecule has 0 aromatic heterocycles. The monoisotopic (exact) mass is 651 g/mol. The molecule has 5 aromatic carbocycles. The molecule has 0 aliphatic rings. The van der Waals surface area contributed by atoms with Gasteiger partial charge in [-0.2, -0.15) is 0 Å². The van der Waals surface area contributed by atoms with E-state index in [4.69, 9.17) is 14.2 Å². The number of nitrogens with zero attached hydrogens (tertiary/aromatic N) is 1. The number of benzene rings is 5. The molecule has 248 valence electrons. The molecule has 0 heterocycles. The fraction of sp³-hybridized carbons (Fsp3) is 0.163. The first-order valence-electron chi connectivity index (χ1n) is 16.3. The Bertz CT molecular complexity index is 1860. The van der Waals surface area contributed by atoms with Crippen LogP contribution in [-0.2, 0) is 14.3 Å². The molecule has 5 aromatic rings. The van der Waals surface area contributed by atoms with Crippen LogP contribution in [0.1, 0.15) is 51.5 Å². The summed E-state index contributed by atoms with van der Waals surface area (Å²) in [6.07, 6.45) is 8.59. The fourth-order valence-electron chi connectivity index (χ4n) is 5.15. The SMILES string of the molecule is COc1ccc(/C=C/c2ccc(N(c3ccc(C)cc3)c3ccc(/C=C/c4ccc(C(=O)CCOCCOC(C)=O)cc4)cc3)cc2)cc1. The molecule has 0 amide bonds. The van der Waals surface area contributed by atoms with Gasteiger partial charge in [0, 0.05) is 36.0 Å². The summed E-state index contributed by atoms with van der Waals surface area (Å²) in [7, 11) is 1.67. The highest BCUT2D eigenvalue weighted by molar-refractivity contribution is 5.96. The number of carbonyl (C=O) groups is 2. The van der Waals surface area contributed by atoms with Crippen molar-refractivity contribution in [3.63, 3.8) is 0 Å². The van der Waals surface area contributed by atoms with Gasteiger partial charge in [0.25, 0.3) is 0 Å². The van der Waals surface area contributed by atoms with E-state index in [1.165, 1.54) is 12.5 Å². The van der Waals surface area contributed by atoms with Crippen molar-refractivity contribution in [2.75, 3.05) is 31.8 Å². The lowest BCUT2D eigenvalue weighted by atomic mass is 10.1. The summed E-state index contributed by atoms with van der Waals surface area (Å²) in [5.41, 5.74) is 9.35. The van der Waals surface area contributed by atoms with E-state index in [0.29, 0.717) is 5.56 Å². The average molecular weight is 652 g/mol. The highest BCUT2D eigenvalue weighted by atomic mass is 16.6. The zero-order valence-electron chi connectivity index (χ0n) is 28.2. The highest BCUT2D eigenvalue weighted by Gasteiger charge is 2.12. The number of hydrogen-bond acceptors (Lipinski definition) is 6. The van der Waals surface area contributed by atoms with Crippen LogP contribution in [0.25, 0.3) is 24.3 Å². The molecule has 0 aliphatic heterocycles. The van der Waals surface area contributed by atoms with Gasteiger partial charge in [-0.25, -0.2) is 0 Å². The van der Waals surface area contributed by atoms with Gasteiger partial charge in [-0.1, -0.05) is 103 Å². The smallest absolute Gasteiger partial charge is 0.302 e. The van der Waals surface area contributed by atoms with Crippen LogP contribution in [0.15, 0.2) is 121 Å². The number of ketones is 1. The van der Waals surface area contributed by atoms with Gasteiger partial charge in [-0.15, -0.1) is 0 Å². The number of hydrogen-bond donors (Lipinski definition) is 0. The number of Topliss-reactive ketones (excluding diaryl/α,β-unsaturated/α-hetero) is 1. The van der Waals surface area contributed by atoms with Crippen LogP contribution < -0.4 is 9.64 Å². The van der Waals surface area contributed by atoms with E-state index in [-0.39, 0.29) is 38.0 Å². The van der Waals surface area contributed by atoms with Crippen molar-refractivity contribution in [1.29, 1.82) is 0 Å². The van der Waals surface area contributed by atoms with Gasteiger partial charge in [-0.05, 0) is 77.7 Å². The topological polar surface area (TPSA) is 65.1 Å². The average Bonchev–Trinajstić information content (AvgIpc) is 3.13. The molecular formula is C43H41NO5. The van der Waals surface area contributed by atoms with E-state index in [1.807, 2.05) is 54.6 Å². The number of esters is 1. The van der Waals surface area contributed by atoms with E-state index in [9.17, 15) is 9.59 Å². The summed E-state index contributed by atoms with van der Waals surface area (Å²) in [6.45, 7) is 4.20. The predicted octanol–water partition coefficient (Wildman–Crippen LogP) is 9.97. The van der Waals surface area contributed by atoms with Crippen molar-refractivity contribution in [2.24, 2.45) is 0 Å². The standard InChI is InChI=1S/C43H41NO5/c1-32-4-20-39(21-5-32)44(41-24-14-36(15-25-41)8-9-37-16-26-42(47-3)27-17-37)40-22-12-35(13-23-40)7-6-34-10-18-38(19-11-34)43(46)28-29-48-30-31-49-33(2)45/h4-27H,28-31H2,1-3H3/b7-6+,9-8+. The maximum Gasteiger partial charge on any atom is 0.302 e. The summed E-state index contributed by atoms with van der Waals surface area (Å²) in [4.78, 5) is 25.6. The van der Waals surface area contributed by atoms with Crippen LogP contribution in [0.4, 0.5) is 17.1 Å². The first kappa shape index (κ1) is 34.6. The van der Waals surface area contributed by atoms with E-state index in [0.717, 1.165) is 45.1 Å². The summed E-state index contributed by atoms with van der Waals surface area (Å²) in [5, 5.41) is 0. The van der Waals surface area contributed by atoms with Gasteiger partial charge in [0.05, 0.1) is 20.3 Å². The Morgan fingerprint density at radius 1 is 0.571 bits per heavy atom. The molecule has 0 N–H and O–H groups in total. The maximum atomic E-state index is 12.5. The summed E-state index contributed by atoms with van der Waals surface area (Å²) in [6, 6.07) is 41.2. The van der Waals surface area contributed by atoms with Crippen LogP contribution in [0, 0.1) is 6.92 Å². The van der Waals surface area contributed by atoms with Gasteiger partial charge in [0.15, 0.2) is 5.78 Å².